The Balaban J connectivity index is 2.32. The van der Waals surface area contributed by atoms with E-state index in [9.17, 15) is 4.79 Å². The molecule has 2 aromatic rings. The minimum atomic E-state index is -1.05. The van der Waals surface area contributed by atoms with Crippen molar-refractivity contribution in [3.8, 4) is 17.3 Å². The molecular formula is C14H14N2O3. The number of aryl methyl sites for hydroxylation is 1. The number of carboxylic acids is 1. The Kier molecular flexibility index (Phi) is 3.75. The normalized spacial score (nSPS) is 11.9. The molecule has 5 nitrogen and oxygen atoms in total. The van der Waals surface area contributed by atoms with Gasteiger partial charge in [0, 0.05) is 11.3 Å². The molecule has 0 saturated carbocycles. The zero-order chi connectivity index (χ0) is 13.8. The van der Waals surface area contributed by atoms with E-state index in [-0.39, 0.29) is 6.01 Å². The summed E-state index contributed by atoms with van der Waals surface area (Å²) >= 11 is 0. The molecule has 1 N–H and O–H groups in total. The lowest BCUT2D eigenvalue weighted by molar-refractivity contribution is -0.144. The highest BCUT2D eigenvalue weighted by Crippen LogP contribution is 2.19. The van der Waals surface area contributed by atoms with Crippen molar-refractivity contribution in [3.05, 3.63) is 42.1 Å². The van der Waals surface area contributed by atoms with Crippen LogP contribution in [0.15, 0.2) is 36.4 Å². The highest BCUT2D eigenvalue weighted by Gasteiger charge is 2.15. The largest absolute Gasteiger partial charge is 0.479 e. The molecule has 2 rings (SSSR count). The van der Waals surface area contributed by atoms with Crippen LogP contribution in [0.2, 0.25) is 0 Å². The van der Waals surface area contributed by atoms with Crippen molar-refractivity contribution in [1.29, 1.82) is 0 Å². The van der Waals surface area contributed by atoms with Gasteiger partial charge in [0.2, 0.25) is 0 Å². The summed E-state index contributed by atoms with van der Waals surface area (Å²) < 4.78 is 5.20. The van der Waals surface area contributed by atoms with Crippen LogP contribution in [-0.2, 0) is 4.79 Å². The number of rotatable bonds is 4. The first-order valence-electron chi connectivity index (χ1n) is 5.87. The summed E-state index contributed by atoms with van der Waals surface area (Å²) in [6.45, 7) is 3.25. The second-order valence-corrected chi connectivity index (χ2v) is 4.14. The maximum absolute atomic E-state index is 10.8. The Morgan fingerprint density at radius 3 is 2.58 bits per heavy atom. The molecule has 19 heavy (non-hydrogen) atoms. The first-order valence-corrected chi connectivity index (χ1v) is 5.87. The Morgan fingerprint density at radius 2 is 1.95 bits per heavy atom. The van der Waals surface area contributed by atoms with E-state index in [0.29, 0.717) is 5.69 Å². The summed E-state index contributed by atoms with van der Waals surface area (Å²) in [5, 5.41) is 8.82. The molecule has 0 amide bonds. The summed E-state index contributed by atoms with van der Waals surface area (Å²) in [6.07, 6.45) is -0.981. The zero-order valence-corrected chi connectivity index (χ0v) is 10.7. The maximum Gasteiger partial charge on any atom is 0.344 e. The summed E-state index contributed by atoms with van der Waals surface area (Å²) in [7, 11) is 0. The van der Waals surface area contributed by atoms with Gasteiger partial charge in [-0.3, -0.25) is 0 Å². The molecule has 0 aliphatic carbocycles. The Morgan fingerprint density at radius 1 is 1.26 bits per heavy atom. The van der Waals surface area contributed by atoms with Gasteiger partial charge >= 0.3 is 12.0 Å². The van der Waals surface area contributed by atoms with Gasteiger partial charge in [-0.25, -0.2) is 9.78 Å². The Labute approximate surface area is 110 Å². The molecule has 5 heteroatoms. The minimum Gasteiger partial charge on any atom is -0.479 e. The number of benzene rings is 1. The number of hydrogen-bond donors (Lipinski definition) is 1. The first-order chi connectivity index (χ1) is 9.06. The number of aromatic nitrogens is 2. The molecule has 98 valence electrons. The van der Waals surface area contributed by atoms with E-state index in [1.807, 2.05) is 43.3 Å². The molecule has 0 aliphatic rings. The number of hydrogen-bond acceptors (Lipinski definition) is 4. The topological polar surface area (TPSA) is 72.3 Å². The number of nitrogens with zero attached hydrogens (tertiary/aromatic N) is 2. The van der Waals surface area contributed by atoms with E-state index in [4.69, 9.17) is 9.84 Å². The van der Waals surface area contributed by atoms with Crippen molar-refractivity contribution >= 4 is 5.97 Å². The van der Waals surface area contributed by atoms with E-state index < -0.39 is 12.1 Å². The number of ether oxygens (including phenoxy) is 1. The van der Waals surface area contributed by atoms with E-state index in [1.165, 1.54) is 6.92 Å². The van der Waals surface area contributed by atoms with Gasteiger partial charge in [-0.05, 0) is 19.9 Å². The lowest BCUT2D eigenvalue weighted by Crippen LogP contribution is -2.24. The predicted octanol–water partition coefficient (Wildman–Crippen LogP) is 2.30. The second kappa shape index (κ2) is 5.48. The lowest BCUT2D eigenvalue weighted by atomic mass is 10.1. The number of aliphatic carboxylic acids is 1. The molecule has 0 aliphatic heterocycles. The van der Waals surface area contributed by atoms with Crippen LogP contribution in [0.5, 0.6) is 6.01 Å². The number of carboxylic acid groups (broad SMARTS) is 1. The maximum atomic E-state index is 10.8. The number of carbonyl (C=O) groups is 1. The standard InChI is InChI=1S/C14H14N2O3/c1-9-8-12(11-6-4-3-5-7-11)16-14(15-9)19-10(2)13(17)18/h3-8,10H,1-2H3,(H,17,18)/t10-/m0/s1. The van der Waals surface area contributed by atoms with Gasteiger partial charge in [-0.2, -0.15) is 4.98 Å². The molecule has 1 atom stereocenters. The van der Waals surface area contributed by atoms with Crippen LogP contribution in [0.4, 0.5) is 0 Å². The van der Waals surface area contributed by atoms with Crippen LogP contribution in [0, 0.1) is 6.92 Å². The second-order valence-electron chi connectivity index (χ2n) is 4.14. The SMILES string of the molecule is Cc1cc(-c2ccccc2)nc(O[C@@H](C)C(=O)O)n1. The average molecular weight is 258 g/mol. The molecule has 0 fully saturated rings. The smallest absolute Gasteiger partial charge is 0.344 e. The molecule has 0 radical (unpaired) electrons. The summed E-state index contributed by atoms with van der Waals surface area (Å²) in [5.74, 6) is -1.05. The van der Waals surface area contributed by atoms with E-state index >= 15 is 0 Å². The molecule has 1 aromatic carbocycles. The van der Waals surface area contributed by atoms with Gasteiger partial charge in [0.1, 0.15) is 0 Å². The highest BCUT2D eigenvalue weighted by molar-refractivity contribution is 5.72. The molecule has 0 spiro atoms. The fraction of sp³-hybridized carbons (Fsp3) is 0.214. The van der Waals surface area contributed by atoms with Gasteiger partial charge in [0.05, 0.1) is 5.69 Å². The molecule has 0 saturated heterocycles. The van der Waals surface area contributed by atoms with Crippen LogP contribution in [0.3, 0.4) is 0 Å². The van der Waals surface area contributed by atoms with Crippen molar-refractivity contribution in [2.45, 2.75) is 20.0 Å². The third kappa shape index (κ3) is 3.28. The molecule has 0 bridgehead atoms. The monoisotopic (exact) mass is 258 g/mol. The van der Waals surface area contributed by atoms with E-state index in [1.54, 1.807) is 0 Å². The summed E-state index contributed by atoms with van der Waals surface area (Å²) in [5.41, 5.74) is 2.36. The van der Waals surface area contributed by atoms with Crippen molar-refractivity contribution in [2.75, 3.05) is 0 Å². The van der Waals surface area contributed by atoms with Crippen LogP contribution >= 0.6 is 0 Å². The Bertz CT molecular complexity index is 584. The quantitative estimate of drug-likeness (QED) is 0.911. The average Bonchev–Trinajstić information content (AvgIpc) is 2.39. The predicted molar refractivity (Wildman–Crippen MR) is 69.9 cm³/mol. The zero-order valence-electron chi connectivity index (χ0n) is 10.7. The fourth-order valence-electron chi connectivity index (χ4n) is 1.56. The van der Waals surface area contributed by atoms with Crippen molar-refractivity contribution in [1.82, 2.24) is 9.97 Å². The highest BCUT2D eigenvalue weighted by atomic mass is 16.5. The third-order valence-electron chi connectivity index (χ3n) is 2.53. The van der Waals surface area contributed by atoms with Crippen molar-refractivity contribution in [3.63, 3.8) is 0 Å². The van der Waals surface area contributed by atoms with Crippen LogP contribution in [0.25, 0.3) is 11.3 Å². The molecule has 1 heterocycles. The van der Waals surface area contributed by atoms with Crippen molar-refractivity contribution < 1.29 is 14.6 Å². The van der Waals surface area contributed by atoms with Gasteiger partial charge in [-0.1, -0.05) is 30.3 Å². The molecule has 1 aromatic heterocycles. The van der Waals surface area contributed by atoms with Gasteiger partial charge in [0.25, 0.3) is 0 Å². The van der Waals surface area contributed by atoms with E-state index in [2.05, 4.69) is 9.97 Å². The van der Waals surface area contributed by atoms with Crippen LogP contribution in [0.1, 0.15) is 12.6 Å². The summed E-state index contributed by atoms with van der Waals surface area (Å²) in [4.78, 5) is 19.1. The lowest BCUT2D eigenvalue weighted by Gasteiger charge is -2.10. The van der Waals surface area contributed by atoms with Gasteiger partial charge in [-0.15, -0.1) is 0 Å². The van der Waals surface area contributed by atoms with Crippen LogP contribution in [-0.4, -0.2) is 27.1 Å². The molecular weight excluding hydrogens is 244 g/mol. The van der Waals surface area contributed by atoms with E-state index in [0.717, 1.165) is 11.3 Å². The summed E-state index contributed by atoms with van der Waals surface area (Å²) in [6, 6.07) is 11.5. The third-order valence-corrected chi connectivity index (χ3v) is 2.53. The first kappa shape index (κ1) is 13.0. The van der Waals surface area contributed by atoms with Gasteiger partial charge < -0.3 is 9.84 Å². The van der Waals surface area contributed by atoms with Crippen LogP contribution < -0.4 is 4.74 Å². The minimum absolute atomic E-state index is 0.0775. The van der Waals surface area contributed by atoms with Gasteiger partial charge in [0.15, 0.2) is 6.10 Å². The Hall–Kier alpha value is -2.43. The molecule has 0 unspecified atom stereocenters. The van der Waals surface area contributed by atoms with Crippen molar-refractivity contribution in [2.24, 2.45) is 0 Å². The fourth-order valence-corrected chi connectivity index (χ4v) is 1.56.